The number of benzene rings is 1. The normalized spacial score (nSPS) is 10.6. The predicted octanol–water partition coefficient (Wildman–Crippen LogP) is 3.62. The number of aryl methyl sites for hydroxylation is 2. The van der Waals surface area contributed by atoms with Gasteiger partial charge in [-0.1, -0.05) is 6.92 Å². The van der Waals surface area contributed by atoms with Gasteiger partial charge in [0, 0.05) is 16.3 Å². The van der Waals surface area contributed by atoms with Crippen LogP contribution in [0.15, 0.2) is 34.3 Å². The number of anilines is 1. The molecule has 2 aromatic rings. The number of aromatic nitrogens is 2. The second-order valence-corrected chi connectivity index (χ2v) is 5.62. The molecular weight excluding hydrogens is 270 g/mol. The largest absolute Gasteiger partial charge is 0.491 e. The Hall–Kier alpha value is -1.75. The topological polar surface area (TPSA) is 61.0 Å². The van der Waals surface area contributed by atoms with E-state index in [0.29, 0.717) is 12.3 Å². The molecule has 0 radical (unpaired) electrons. The summed E-state index contributed by atoms with van der Waals surface area (Å²) in [4.78, 5) is 9.87. The van der Waals surface area contributed by atoms with Crippen LogP contribution in [0.1, 0.15) is 24.7 Å². The molecule has 1 aromatic carbocycles. The summed E-state index contributed by atoms with van der Waals surface area (Å²) in [6, 6.07) is 7.72. The molecule has 1 heterocycles. The van der Waals surface area contributed by atoms with Crippen LogP contribution >= 0.6 is 11.8 Å². The van der Waals surface area contributed by atoms with Crippen LogP contribution < -0.4 is 10.5 Å². The van der Waals surface area contributed by atoms with Gasteiger partial charge in [0.1, 0.15) is 5.75 Å². The average molecular weight is 289 g/mol. The fraction of sp³-hybridized carbons (Fsp3) is 0.333. The zero-order valence-corrected chi connectivity index (χ0v) is 12.8. The lowest BCUT2D eigenvalue weighted by Crippen LogP contribution is -1.99. The van der Waals surface area contributed by atoms with Crippen molar-refractivity contribution in [3.05, 3.63) is 35.7 Å². The number of nitrogen functional groups attached to an aromatic ring is 1. The lowest BCUT2D eigenvalue weighted by molar-refractivity contribution is 0.318. The maximum Gasteiger partial charge on any atom is 0.192 e. The van der Waals surface area contributed by atoms with E-state index in [0.717, 1.165) is 33.6 Å². The van der Waals surface area contributed by atoms with Gasteiger partial charge < -0.3 is 10.5 Å². The van der Waals surface area contributed by atoms with Crippen LogP contribution in [0.4, 0.5) is 5.69 Å². The maximum atomic E-state index is 5.91. The van der Waals surface area contributed by atoms with Crippen molar-refractivity contribution in [3.63, 3.8) is 0 Å². The Morgan fingerprint density at radius 2 is 1.85 bits per heavy atom. The molecule has 0 aliphatic heterocycles. The Labute approximate surface area is 123 Å². The summed E-state index contributed by atoms with van der Waals surface area (Å²) in [5, 5.41) is 0.744. The maximum absolute atomic E-state index is 5.91. The summed E-state index contributed by atoms with van der Waals surface area (Å²) in [5.74, 6) is 0.723. The highest BCUT2D eigenvalue weighted by molar-refractivity contribution is 7.99. The van der Waals surface area contributed by atoms with E-state index in [9.17, 15) is 0 Å². The second kappa shape index (κ2) is 6.61. The van der Waals surface area contributed by atoms with Crippen molar-refractivity contribution >= 4 is 17.4 Å². The third kappa shape index (κ3) is 3.87. The minimum atomic E-state index is 0.657. The predicted molar refractivity (Wildman–Crippen MR) is 82.3 cm³/mol. The van der Waals surface area contributed by atoms with E-state index in [1.807, 2.05) is 38.1 Å². The van der Waals surface area contributed by atoms with Gasteiger partial charge in [-0.2, -0.15) is 0 Å². The summed E-state index contributed by atoms with van der Waals surface area (Å²) in [5.41, 5.74) is 8.50. The molecule has 0 bridgehead atoms. The average Bonchev–Trinajstić information content (AvgIpc) is 2.38. The van der Waals surface area contributed by atoms with Gasteiger partial charge in [-0.15, -0.1) is 0 Å². The highest BCUT2D eigenvalue weighted by atomic mass is 32.2. The smallest absolute Gasteiger partial charge is 0.192 e. The van der Waals surface area contributed by atoms with E-state index in [1.54, 1.807) is 0 Å². The van der Waals surface area contributed by atoms with Crippen LogP contribution in [0, 0.1) is 13.8 Å². The number of hydrogen-bond acceptors (Lipinski definition) is 5. The highest BCUT2D eigenvalue weighted by Gasteiger charge is 2.06. The van der Waals surface area contributed by atoms with E-state index in [4.69, 9.17) is 10.5 Å². The van der Waals surface area contributed by atoms with Crippen molar-refractivity contribution in [3.8, 4) is 5.75 Å². The molecule has 0 fully saturated rings. The number of hydrogen-bond donors (Lipinski definition) is 1. The Morgan fingerprint density at radius 1 is 1.15 bits per heavy atom. The Morgan fingerprint density at radius 3 is 2.50 bits per heavy atom. The number of nitrogens with two attached hydrogens (primary N) is 1. The van der Waals surface area contributed by atoms with Crippen molar-refractivity contribution in [1.29, 1.82) is 0 Å². The first-order valence-electron chi connectivity index (χ1n) is 6.61. The Kier molecular flexibility index (Phi) is 4.84. The highest BCUT2D eigenvalue weighted by Crippen LogP contribution is 2.31. The molecule has 106 valence electrons. The summed E-state index contributed by atoms with van der Waals surface area (Å²) in [6.45, 7) is 6.67. The van der Waals surface area contributed by atoms with E-state index in [-0.39, 0.29) is 0 Å². The van der Waals surface area contributed by atoms with Crippen LogP contribution in [0.2, 0.25) is 0 Å². The van der Waals surface area contributed by atoms with Crippen LogP contribution in [0.3, 0.4) is 0 Å². The molecule has 20 heavy (non-hydrogen) atoms. The van der Waals surface area contributed by atoms with Crippen LogP contribution in [0.5, 0.6) is 5.75 Å². The zero-order valence-electron chi connectivity index (χ0n) is 12.0. The summed E-state index contributed by atoms with van der Waals surface area (Å²) in [6.07, 6.45) is 0.955. The third-order valence-corrected chi connectivity index (χ3v) is 3.47. The molecule has 5 heteroatoms. The molecule has 1 aromatic heterocycles. The molecule has 0 amide bonds. The first-order valence-corrected chi connectivity index (χ1v) is 7.42. The van der Waals surface area contributed by atoms with E-state index >= 15 is 0 Å². The van der Waals surface area contributed by atoms with E-state index < -0.39 is 0 Å². The van der Waals surface area contributed by atoms with Crippen molar-refractivity contribution in [2.24, 2.45) is 0 Å². The van der Waals surface area contributed by atoms with E-state index in [2.05, 4.69) is 16.9 Å². The number of ether oxygens (including phenoxy) is 1. The molecule has 2 N–H and O–H groups in total. The molecule has 0 spiro atoms. The van der Waals surface area contributed by atoms with Gasteiger partial charge in [0.15, 0.2) is 5.16 Å². The molecule has 0 aliphatic rings. The fourth-order valence-electron chi connectivity index (χ4n) is 1.76. The minimum Gasteiger partial charge on any atom is -0.491 e. The molecule has 0 saturated carbocycles. The molecule has 4 nitrogen and oxygen atoms in total. The molecule has 2 rings (SSSR count). The fourth-order valence-corrected chi connectivity index (χ4v) is 2.65. The zero-order chi connectivity index (χ0) is 14.5. The van der Waals surface area contributed by atoms with Gasteiger partial charge >= 0.3 is 0 Å². The van der Waals surface area contributed by atoms with Gasteiger partial charge in [-0.3, -0.25) is 0 Å². The first kappa shape index (κ1) is 14.7. The van der Waals surface area contributed by atoms with Gasteiger partial charge in [-0.25, -0.2) is 9.97 Å². The van der Waals surface area contributed by atoms with Crippen LogP contribution in [-0.4, -0.2) is 16.6 Å². The van der Waals surface area contributed by atoms with Crippen molar-refractivity contribution < 1.29 is 4.74 Å². The van der Waals surface area contributed by atoms with Gasteiger partial charge in [-0.05, 0) is 56.3 Å². The van der Waals surface area contributed by atoms with Crippen molar-refractivity contribution in [2.75, 3.05) is 12.3 Å². The Balaban J connectivity index is 2.20. The lowest BCUT2D eigenvalue weighted by atomic mass is 10.3. The molecule has 0 unspecified atom stereocenters. The molecule has 0 atom stereocenters. The molecular formula is C15H19N3OS. The van der Waals surface area contributed by atoms with Gasteiger partial charge in [0.05, 0.1) is 12.3 Å². The van der Waals surface area contributed by atoms with Gasteiger partial charge in [0.25, 0.3) is 0 Å². The van der Waals surface area contributed by atoms with Gasteiger partial charge in [0.2, 0.25) is 0 Å². The monoisotopic (exact) mass is 289 g/mol. The minimum absolute atomic E-state index is 0.657. The standard InChI is InChI=1S/C15H19N3OS/c1-4-7-19-14-9-12(5-6-13(14)16)20-15-17-10(2)8-11(3)18-15/h5-6,8-9H,4,7,16H2,1-3H3. The first-order chi connectivity index (χ1) is 9.58. The SMILES string of the molecule is CCCOc1cc(Sc2nc(C)cc(C)n2)ccc1N. The third-order valence-electron chi connectivity index (χ3n) is 2.62. The van der Waals surface area contributed by atoms with Crippen LogP contribution in [0.25, 0.3) is 0 Å². The number of rotatable bonds is 5. The van der Waals surface area contributed by atoms with Crippen LogP contribution in [-0.2, 0) is 0 Å². The van der Waals surface area contributed by atoms with Crippen molar-refractivity contribution in [2.45, 2.75) is 37.2 Å². The Bertz CT molecular complexity index is 581. The summed E-state index contributed by atoms with van der Waals surface area (Å²) in [7, 11) is 0. The second-order valence-electron chi connectivity index (χ2n) is 4.58. The molecule has 0 saturated heterocycles. The molecule has 0 aliphatic carbocycles. The summed E-state index contributed by atoms with van der Waals surface area (Å²) < 4.78 is 5.63. The van der Waals surface area contributed by atoms with Crippen molar-refractivity contribution in [1.82, 2.24) is 9.97 Å². The number of nitrogens with zero attached hydrogens (tertiary/aromatic N) is 2. The van der Waals surface area contributed by atoms with E-state index in [1.165, 1.54) is 11.8 Å². The lowest BCUT2D eigenvalue weighted by Gasteiger charge is -2.09. The quantitative estimate of drug-likeness (QED) is 0.673. The summed E-state index contributed by atoms with van der Waals surface area (Å²) >= 11 is 1.51.